The van der Waals surface area contributed by atoms with Crippen LogP contribution in [0.2, 0.25) is 0 Å². The van der Waals surface area contributed by atoms with Crippen molar-refractivity contribution in [3.63, 3.8) is 0 Å². The van der Waals surface area contributed by atoms with Crippen molar-refractivity contribution in [1.29, 1.82) is 0 Å². The highest BCUT2D eigenvalue weighted by atomic mass is 32.1. The van der Waals surface area contributed by atoms with Crippen LogP contribution in [0.25, 0.3) is 10.2 Å². The molecule has 1 aliphatic rings. The lowest BCUT2D eigenvalue weighted by Gasteiger charge is -2.33. The summed E-state index contributed by atoms with van der Waals surface area (Å²) >= 11 is 1.42. The number of ether oxygens (including phenoxy) is 1. The Kier molecular flexibility index (Phi) is 10.5. The van der Waals surface area contributed by atoms with Crippen molar-refractivity contribution in [3.8, 4) is 5.75 Å². The van der Waals surface area contributed by atoms with Gasteiger partial charge in [-0.25, -0.2) is 9.97 Å². The third-order valence-corrected chi connectivity index (χ3v) is 9.39. The van der Waals surface area contributed by atoms with Crippen molar-refractivity contribution in [2.45, 2.75) is 27.3 Å². The minimum absolute atomic E-state index is 0.278. The molecule has 248 valence electrons. The summed E-state index contributed by atoms with van der Waals surface area (Å²) in [6.07, 6.45) is 1.47. The number of likely N-dealkylation sites (N-methyl/N-ethyl adjacent to an activating group) is 1. The largest absolute Gasteiger partial charge is 0.492 e. The van der Waals surface area contributed by atoms with Crippen LogP contribution in [-0.4, -0.2) is 82.2 Å². The van der Waals surface area contributed by atoms with Crippen molar-refractivity contribution < 1.29 is 14.9 Å². The molecule has 1 aliphatic heterocycles. The topological polar surface area (TPSA) is 133 Å². The van der Waals surface area contributed by atoms with Gasteiger partial charge >= 0.3 is 0 Å². The fourth-order valence-corrected chi connectivity index (χ4v) is 6.74. The SMILES string of the molecule is CCN1CCN(CCOc2ccc(Nc3ncnc4c(C(=O)Nc5cccc(NCc6cccc(C)n6)c5C(C)=[NH2+])csc34)cc2)CC1. The summed E-state index contributed by atoms with van der Waals surface area (Å²) in [5, 5.41) is 18.0. The summed E-state index contributed by atoms with van der Waals surface area (Å²) in [5.74, 6) is 1.18. The van der Waals surface area contributed by atoms with Gasteiger partial charge in [0, 0.05) is 56.4 Å². The molecule has 5 N–H and O–H groups in total. The number of amides is 1. The van der Waals surface area contributed by atoms with E-state index >= 15 is 0 Å². The number of hydrogen-bond acceptors (Lipinski definition) is 10. The van der Waals surface area contributed by atoms with Gasteiger partial charge in [-0.3, -0.25) is 20.1 Å². The summed E-state index contributed by atoms with van der Waals surface area (Å²) in [4.78, 5) is 32.1. The molecule has 2 aromatic carbocycles. The fourth-order valence-electron chi connectivity index (χ4n) is 5.80. The van der Waals surface area contributed by atoms with Crippen LogP contribution in [0.5, 0.6) is 5.75 Å². The number of carbonyl (C=O) groups is 1. The molecule has 5 aromatic rings. The Bertz CT molecular complexity index is 1880. The molecule has 1 saturated heterocycles. The molecule has 48 heavy (non-hydrogen) atoms. The highest BCUT2D eigenvalue weighted by molar-refractivity contribution is 7.18. The number of fused-ring (bicyclic) bond motifs is 1. The Morgan fingerprint density at radius 3 is 2.48 bits per heavy atom. The zero-order valence-corrected chi connectivity index (χ0v) is 28.4. The molecule has 0 saturated carbocycles. The molecule has 4 heterocycles. The van der Waals surface area contributed by atoms with Gasteiger partial charge in [0.05, 0.1) is 45.0 Å². The van der Waals surface area contributed by atoms with Crippen molar-refractivity contribution in [2.75, 3.05) is 61.8 Å². The van der Waals surface area contributed by atoms with Gasteiger partial charge in [0.2, 0.25) is 0 Å². The summed E-state index contributed by atoms with van der Waals surface area (Å²) in [5.41, 5.74) is 6.49. The highest BCUT2D eigenvalue weighted by Gasteiger charge is 2.21. The Hall–Kier alpha value is -4.91. The lowest BCUT2D eigenvalue weighted by atomic mass is 10.1. The van der Waals surface area contributed by atoms with Gasteiger partial charge in [0.25, 0.3) is 5.91 Å². The molecule has 0 spiro atoms. The van der Waals surface area contributed by atoms with Crippen LogP contribution in [0.15, 0.2) is 72.4 Å². The number of benzene rings is 2. The molecule has 0 bridgehead atoms. The normalized spacial score (nSPS) is 13.7. The van der Waals surface area contributed by atoms with Gasteiger partial charge in [-0.15, -0.1) is 11.3 Å². The Morgan fingerprint density at radius 2 is 1.73 bits per heavy atom. The van der Waals surface area contributed by atoms with Gasteiger partial charge < -0.3 is 25.6 Å². The zero-order valence-electron chi connectivity index (χ0n) is 27.6. The summed E-state index contributed by atoms with van der Waals surface area (Å²) in [6, 6.07) is 19.4. The average Bonchev–Trinajstić information content (AvgIpc) is 3.54. The van der Waals surface area contributed by atoms with Crippen LogP contribution in [0.3, 0.4) is 0 Å². The van der Waals surface area contributed by atoms with E-state index in [1.165, 1.54) is 17.7 Å². The molecule has 6 rings (SSSR count). The second kappa shape index (κ2) is 15.3. The molecule has 0 atom stereocenters. The van der Waals surface area contributed by atoms with E-state index in [4.69, 9.17) is 10.1 Å². The van der Waals surface area contributed by atoms with Crippen molar-refractivity contribution in [1.82, 2.24) is 24.8 Å². The van der Waals surface area contributed by atoms with Gasteiger partial charge in [-0.05, 0) is 62.0 Å². The monoisotopic (exact) mass is 664 g/mol. The second-order valence-corrected chi connectivity index (χ2v) is 12.7. The number of pyridine rings is 1. The molecule has 3 aromatic heterocycles. The summed E-state index contributed by atoms with van der Waals surface area (Å²) < 4.78 is 6.80. The molecular formula is C36H42N9O2S+. The van der Waals surface area contributed by atoms with Crippen LogP contribution >= 0.6 is 11.3 Å². The van der Waals surface area contributed by atoms with E-state index in [0.29, 0.717) is 41.4 Å². The number of nitrogens with two attached hydrogens (primary N) is 1. The molecule has 1 fully saturated rings. The Labute approximate surface area is 284 Å². The maximum absolute atomic E-state index is 13.6. The van der Waals surface area contributed by atoms with E-state index < -0.39 is 0 Å². The third-order valence-electron chi connectivity index (χ3n) is 8.42. The van der Waals surface area contributed by atoms with Crippen molar-refractivity contribution >= 4 is 56.1 Å². The predicted octanol–water partition coefficient (Wildman–Crippen LogP) is 4.59. The number of piperazine rings is 1. The van der Waals surface area contributed by atoms with E-state index in [9.17, 15) is 4.79 Å². The number of anilines is 4. The van der Waals surface area contributed by atoms with Gasteiger partial charge in [0.1, 0.15) is 18.7 Å². The smallest absolute Gasteiger partial charge is 0.258 e. The molecule has 12 heteroatoms. The minimum Gasteiger partial charge on any atom is -0.492 e. The fraction of sp³-hybridized carbons (Fsp3) is 0.306. The van der Waals surface area contributed by atoms with Crippen LogP contribution in [0, 0.1) is 6.92 Å². The summed E-state index contributed by atoms with van der Waals surface area (Å²) in [6.45, 7) is 13.6. The maximum atomic E-state index is 13.6. The number of aryl methyl sites for hydroxylation is 1. The van der Waals surface area contributed by atoms with Crippen LogP contribution in [0.4, 0.5) is 22.9 Å². The Balaban J connectivity index is 1.10. The minimum atomic E-state index is -0.278. The molecular weight excluding hydrogens is 623 g/mol. The molecule has 0 radical (unpaired) electrons. The first-order chi connectivity index (χ1) is 23.4. The predicted molar refractivity (Wildman–Crippen MR) is 194 cm³/mol. The molecule has 0 unspecified atom stereocenters. The zero-order chi connectivity index (χ0) is 33.5. The maximum Gasteiger partial charge on any atom is 0.258 e. The van der Waals surface area contributed by atoms with E-state index in [0.717, 1.165) is 78.0 Å². The standard InChI is InChI=1S/C36H41N9O2S/c1-4-44-15-17-45(18-16-44)19-20-47-28-13-11-26(12-14-28)42-35-34-33(39-23-40-35)29(22-48-34)36(46)43-31-10-6-9-30(32(31)25(3)37)38-21-27-8-5-7-24(2)41-27/h5-14,22-23,37-38H,4,15-21H2,1-3H3,(H,43,46)(H,39,40,42)/p+1. The summed E-state index contributed by atoms with van der Waals surface area (Å²) in [7, 11) is 0. The van der Waals surface area contributed by atoms with E-state index in [2.05, 4.69) is 47.6 Å². The number of thiophene rings is 1. The first-order valence-corrected chi connectivity index (χ1v) is 17.1. The molecule has 1 amide bonds. The number of carbonyl (C=O) groups excluding carboxylic acids is 1. The lowest BCUT2D eigenvalue weighted by Crippen LogP contribution is -2.47. The van der Waals surface area contributed by atoms with Crippen molar-refractivity contribution in [2.24, 2.45) is 0 Å². The quantitative estimate of drug-likeness (QED) is 0.134. The van der Waals surface area contributed by atoms with Crippen LogP contribution < -0.4 is 26.1 Å². The number of aromatic nitrogens is 3. The first kappa shape index (κ1) is 33.0. The van der Waals surface area contributed by atoms with E-state index in [-0.39, 0.29) is 5.91 Å². The van der Waals surface area contributed by atoms with E-state index in [1.807, 2.05) is 79.9 Å². The number of rotatable bonds is 13. The van der Waals surface area contributed by atoms with Crippen molar-refractivity contribution in [3.05, 3.63) is 94.9 Å². The molecule has 11 nitrogen and oxygen atoms in total. The number of nitrogens with zero attached hydrogens (tertiary/aromatic N) is 5. The van der Waals surface area contributed by atoms with Crippen LogP contribution in [0.1, 0.15) is 41.2 Å². The van der Waals surface area contributed by atoms with Gasteiger partial charge in [-0.2, -0.15) is 0 Å². The average molecular weight is 665 g/mol. The number of hydrogen-bond donors (Lipinski definition) is 4. The number of nitrogens with one attached hydrogen (secondary N) is 3. The highest BCUT2D eigenvalue weighted by Crippen LogP contribution is 2.33. The van der Waals surface area contributed by atoms with Gasteiger partial charge in [0.15, 0.2) is 11.5 Å². The lowest BCUT2D eigenvalue weighted by molar-refractivity contribution is -0.113. The van der Waals surface area contributed by atoms with Crippen LogP contribution in [-0.2, 0) is 6.54 Å². The first-order valence-electron chi connectivity index (χ1n) is 16.2. The third kappa shape index (κ3) is 7.96. The Morgan fingerprint density at radius 1 is 0.979 bits per heavy atom. The van der Waals surface area contributed by atoms with E-state index in [1.54, 1.807) is 0 Å². The van der Waals surface area contributed by atoms with Gasteiger partial charge in [-0.1, -0.05) is 19.1 Å². The molecule has 0 aliphatic carbocycles. The second-order valence-electron chi connectivity index (χ2n) is 11.8.